The van der Waals surface area contributed by atoms with E-state index in [1.807, 2.05) is 39.0 Å². The first-order chi connectivity index (χ1) is 15.2. The van der Waals surface area contributed by atoms with E-state index in [-0.39, 0.29) is 12.1 Å². The third-order valence-corrected chi connectivity index (χ3v) is 4.27. The number of pyridine rings is 1. The van der Waals surface area contributed by atoms with Crippen LogP contribution in [0.3, 0.4) is 0 Å². The molecule has 1 aromatic carbocycles. The summed E-state index contributed by atoms with van der Waals surface area (Å²) in [7, 11) is 3.15. The molecular formula is C23H33N5O4. The highest BCUT2D eigenvalue weighted by Gasteiger charge is 2.22. The van der Waals surface area contributed by atoms with E-state index in [9.17, 15) is 4.79 Å². The second kappa shape index (κ2) is 11.8. The SMILES string of the molecule is COc1ccc(NC(N)=NCCCN(Cc2cccnc2)C(=O)OC(C)(C)C)cc1OC. The number of guanidine groups is 1. The lowest BCUT2D eigenvalue weighted by Gasteiger charge is -2.27. The van der Waals surface area contributed by atoms with E-state index in [4.69, 9.17) is 19.9 Å². The minimum Gasteiger partial charge on any atom is -0.493 e. The second-order valence-corrected chi connectivity index (χ2v) is 8.08. The van der Waals surface area contributed by atoms with Crippen molar-refractivity contribution in [2.45, 2.75) is 39.3 Å². The van der Waals surface area contributed by atoms with Gasteiger partial charge in [0.2, 0.25) is 0 Å². The lowest BCUT2D eigenvalue weighted by atomic mass is 10.2. The van der Waals surface area contributed by atoms with Gasteiger partial charge >= 0.3 is 6.09 Å². The smallest absolute Gasteiger partial charge is 0.410 e. The van der Waals surface area contributed by atoms with Crippen LogP contribution in [0.15, 0.2) is 47.7 Å². The first-order valence-corrected chi connectivity index (χ1v) is 10.4. The van der Waals surface area contributed by atoms with Crippen molar-refractivity contribution in [3.05, 3.63) is 48.3 Å². The van der Waals surface area contributed by atoms with Crippen LogP contribution in [0.25, 0.3) is 0 Å². The lowest BCUT2D eigenvalue weighted by Crippen LogP contribution is -2.37. The molecule has 0 saturated carbocycles. The molecule has 2 aromatic rings. The zero-order valence-corrected chi connectivity index (χ0v) is 19.4. The highest BCUT2D eigenvalue weighted by atomic mass is 16.6. The predicted molar refractivity (Wildman–Crippen MR) is 125 cm³/mol. The quantitative estimate of drug-likeness (QED) is 0.346. The summed E-state index contributed by atoms with van der Waals surface area (Å²) in [5.74, 6) is 1.49. The number of hydrogen-bond donors (Lipinski definition) is 2. The summed E-state index contributed by atoms with van der Waals surface area (Å²) >= 11 is 0. The minimum atomic E-state index is -0.573. The second-order valence-electron chi connectivity index (χ2n) is 8.08. The number of amides is 1. The first-order valence-electron chi connectivity index (χ1n) is 10.4. The van der Waals surface area contributed by atoms with Gasteiger partial charge in [0.25, 0.3) is 0 Å². The summed E-state index contributed by atoms with van der Waals surface area (Å²) in [6.45, 7) is 6.86. The van der Waals surface area contributed by atoms with Crippen molar-refractivity contribution in [1.82, 2.24) is 9.88 Å². The molecule has 3 N–H and O–H groups in total. The van der Waals surface area contributed by atoms with Gasteiger partial charge in [0, 0.05) is 37.2 Å². The van der Waals surface area contributed by atoms with Crippen molar-refractivity contribution in [2.24, 2.45) is 10.7 Å². The Morgan fingerprint density at radius 2 is 1.94 bits per heavy atom. The number of ether oxygens (including phenoxy) is 3. The standard InChI is InChI=1S/C23H33N5O4/c1-23(2,3)32-22(29)28(16-17-8-6-11-25-15-17)13-7-12-26-21(24)27-18-9-10-19(30-4)20(14-18)31-5/h6,8-11,14-15H,7,12-13,16H2,1-5H3,(H3,24,26,27). The average molecular weight is 444 g/mol. The Morgan fingerprint density at radius 1 is 1.19 bits per heavy atom. The van der Waals surface area contributed by atoms with Crippen molar-refractivity contribution < 1.29 is 19.0 Å². The largest absolute Gasteiger partial charge is 0.493 e. The van der Waals surface area contributed by atoms with Crippen molar-refractivity contribution in [3.63, 3.8) is 0 Å². The molecule has 32 heavy (non-hydrogen) atoms. The van der Waals surface area contributed by atoms with Crippen molar-refractivity contribution in [2.75, 3.05) is 32.6 Å². The Kier molecular flexibility index (Phi) is 9.12. The van der Waals surface area contributed by atoms with Gasteiger partial charge in [0.15, 0.2) is 17.5 Å². The highest BCUT2D eigenvalue weighted by Crippen LogP contribution is 2.29. The number of aliphatic imine (C=N–C) groups is 1. The van der Waals surface area contributed by atoms with Crippen LogP contribution >= 0.6 is 0 Å². The third-order valence-electron chi connectivity index (χ3n) is 4.27. The fourth-order valence-electron chi connectivity index (χ4n) is 2.84. The van der Waals surface area contributed by atoms with Gasteiger partial charge in [-0.25, -0.2) is 4.79 Å². The summed E-state index contributed by atoms with van der Waals surface area (Å²) in [5.41, 5.74) is 7.09. The highest BCUT2D eigenvalue weighted by molar-refractivity contribution is 5.92. The Bertz CT molecular complexity index is 897. The molecule has 0 atom stereocenters. The van der Waals surface area contributed by atoms with E-state index in [2.05, 4.69) is 15.3 Å². The van der Waals surface area contributed by atoms with Gasteiger partial charge in [0.05, 0.1) is 20.8 Å². The van der Waals surface area contributed by atoms with Crippen molar-refractivity contribution in [3.8, 4) is 11.5 Å². The molecule has 174 valence electrons. The predicted octanol–water partition coefficient (Wildman–Crippen LogP) is 3.65. The molecule has 0 spiro atoms. The summed E-state index contributed by atoms with van der Waals surface area (Å²) in [6.07, 6.45) is 3.68. The van der Waals surface area contributed by atoms with E-state index >= 15 is 0 Å². The zero-order chi connectivity index (χ0) is 23.6. The van der Waals surface area contributed by atoms with Gasteiger partial charge < -0.3 is 30.2 Å². The average Bonchev–Trinajstić information content (AvgIpc) is 2.75. The maximum Gasteiger partial charge on any atom is 0.410 e. The van der Waals surface area contributed by atoms with Gasteiger partial charge in [-0.1, -0.05) is 6.07 Å². The molecule has 0 saturated heterocycles. The number of rotatable bonds is 9. The summed E-state index contributed by atoms with van der Waals surface area (Å²) < 4.78 is 16.1. The number of benzene rings is 1. The number of nitrogens with one attached hydrogen (secondary N) is 1. The fourth-order valence-corrected chi connectivity index (χ4v) is 2.84. The van der Waals surface area contributed by atoms with E-state index < -0.39 is 5.60 Å². The van der Waals surface area contributed by atoms with E-state index in [1.165, 1.54) is 0 Å². The maximum absolute atomic E-state index is 12.6. The van der Waals surface area contributed by atoms with E-state index in [0.29, 0.717) is 37.6 Å². The van der Waals surface area contributed by atoms with Crippen molar-refractivity contribution >= 4 is 17.7 Å². The number of hydrogen-bond acceptors (Lipinski definition) is 6. The molecule has 0 fully saturated rings. The third kappa shape index (κ3) is 8.33. The van der Waals surface area contributed by atoms with Crippen LogP contribution in [-0.2, 0) is 11.3 Å². The number of anilines is 1. The summed E-state index contributed by atoms with van der Waals surface area (Å²) in [5, 5.41) is 3.03. The Morgan fingerprint density at radius 3 is 2.56 bits per heavy atom. The normalized spacial score (nSPS) is 11.6. The van der Waals surface area contributed by atoms with Crippen LogP contribution in [0.4, 0.5) is 10.5 Å². The van der Waals surface area contributed by atoms with Crippen LogP contribution in [0.1, 0.15) is 32.8 Å². The molecule has 1 amide bonds. The zero-order valence-electron chi connectivity index (χ0n) is 19.4. The summed E-state index contributed by atoms with van der Waals surface area (Å²) in [6, 6.07) is 9.15. The van der Waals surface area contributed by atoms with Gasteiger partial charge in [-0.15, -0.1) is 0 Å². The Labute approximate surface area is 189 Å². The number of carbonyl (C=O) groups is 1. The lowest BCUT2D eigenvalue weighted by molar-refractivity contribution is 0.0232. The van der Waals surface area contributed by atoms with Gasteiger partial charge in [-0.2, -0.15) is 0 Å². The number of carbonyl (C=O) groups excluding carboxylic acids is 1. The maximum atomic E-state index is 12.6. The molecule has 1 heterocycles. The minimum absolute atomic E-state index is 0.272. The van der Waals surface area contributed by atoms with Gasteiger partial charge in [0.1, 0.15) is 5.60 Å². The Balaban J connectivity index is 1.94. The number of methoxy groups -OCH3 is 2. The molecule has 9 nitrogen and oxygen atoms in total. The van der Waals surface area contributed by atoms with Crippen LogP contribution in [0, 0.1) is 0 Å². The van der Waals surface area contributed by atoms with Gasteiger partial charge in [-0.3, -0.25) is 9.98 Å². The molecule has 2 rings (SSSR count). The molecule has 0 unspecified atom stereocenters. The number of aromatic nitrogens is 1. The Hall–Kier alpha value is -3.49. The van der Waals surface area contributed by atoms with Crippen LogP contribution in [0.2, 0.25) is 0 Å². The molecule has 0 bridgehead atoms. The number of nitrogens with zero attached hydrogens (tertiary/aromatic N) is 3. The molecule has 0 radical (unpaired) electrons. The van der Waals surface area contributed by atoms with Crippen LogP contribution in [0.5, 0.6) is 11.5 Å². The number of nitrogens with two attached hydrogens (primary N) is 1. The first kappa shape index (κ1) is 24.8. The molecule has 0 aliphatic heterocycles. The fraction of sp³-hybridized carbons (Fsp3) is 0.435. The molecule has 9 heteroatoms. The van der Waals surface area contributed by atoms with Gasteiger partial charge in [-0.05, 0) is 51.0 Å². The topological polar surface area (TPSA) is 111 Å². The molecule has 0 aliphatic carbocycles. The van der Waals surface area contributed by atoms with E-state index in [0.717, 1.165) is 11.3 Å². The van der Waals surface area contributed by atoms with E-state index in [1.54, 1.807) is 43.6 Å². The van der Waals surface area contributed by atoms with Crippen molar-refractivity contribution in [1.29, 1.82) is 0 Å². The molecular weight excluding hydrogens is 410 g/mol. The monoisotopic (exact) mass is 443 g/mol. The summed E-state index contributed by atoms with van der Waals surface area (Å²) in [4.78, 5) is 22.7. The van der Waals surface area contributed by atoms with Crippen LogP contribution in [-0.4, -0.2) is 54.8 Å². The van der Waals surface area contributed by atoms with Crippen LogP contribution < -0.4 is 20.5 Å². The molecule has 0 aliphatic rings. The molecule has 1 aromatic heterocycles.